The van der Waals surface area contributed by atoms with Crippen molar-refractivity contribution in [2.45, 2.75) is 13.2 Å². The summed E-state index contributed by atoms with van der Waals surface area (Å²) in [4.78, 5) is 22.0. The highest BCUT2D eigenvalue weighted by Crippen LogP contribution is 2.14. The van der Waals surface area contributed by atoms with E-state index in [1.807, 2.05) is 54.6 Å². The minimum atomic E-state index is -0.354. The Bertz CT molecular complexity index is 867. The maximum absolute atomic E-state index is 12.4. The van der Waals surface area contributed by atoms with E-state index in [9.17, 15) is 4.79 Å². The standard InChI is InChI=1S/C21H21N3O3/c1-26-18-11-9-17(10-12-18)15-27-24-21(25)19-8-5-13-22-20(19)23-14-16-6-3-2-4-7-16/h2-13H,14-15H2,1H3,(H,22,23)(H,24,25). The molecule has 27 heavy (non-hydrogen) atoms. The van der Waals surface area contributed by atoms with Gasteiger partial charge >= 0.3 is 0 Å². The molecule has 138 valence electrons. The Labute approximate surface area is 158 Å². The van der Waals surface area contributed by atoms with Gasteiger partial charge in [0.05, 0.1) is 19.3 Å². The molecule has 0 aliphatic heterocycles. The Kier molecular flexibility index (Phi) is 6.38. The number of carbonyl (C=O) groups excluding carboxylic acids is 1. The van der Waals surface area contributed by atoms with Crippen LogP contribution in [0.5, 0.6) is 5.75 Å². The number of carbonyl (C=O) groups is 1. The number of hydrogen-bond acceptors (Lipinski definition) is 5. The lowest BCUT2D eigenvalue weighted by Crippen LogP contribution is -2.25. The van der Waals surface area contributed by atoms with Crippen LogP contribution in [0.1, 0.15) is 21.5 Å². The van der Waals surface area contributed by atoms with E-state index in [2.05, 4.69) is 15.8 Å². The van der Waals surface area contributed by atoms with E-state index >= 15 is 0 Å². The maximum Gasteiger partial charge on any atom is 0.278 e. The van der Waals surface area contributed by atoms with Gasteiger partial charge in [0.25, 0.3) is 5.91 Å². The van der Waals surface area contributed by atoms with E-state index in [4.69, 9.17) is 9.57 Å². The smallest absolute Gasteiger partial charge is 0.278 e. The van der Waals surface area contributed by atoms with Gasteiger partial charge in [-0.2, -0.15) is 0 Å². The van der Waals surface area contributed by atoms with Gasteiger partial charge < -0.3 is 10.1 Å². The molecule has 6 heteroatoms. The molecule has 1 heterocycles. The monoisotopic (exact) mass is 363 g/mol. The van der Waals surface area contributed by atoms with Crippen molar-refractivity contribution in [2.24, 2.45) is 0 Å². The second kappa shape index (κ2) is 9.35. The molecule has 0 fully saturated rings. The first kappa shape index (κ1) is 18.4. The number of hydroxylamine groups is 1. The fourth-order valence-corrected chi connectivity index (χ4v) is 2.47. The zero-order valence-electron chi connectivity index (χ0n) is 15.0. The van der Waals surface area contributed by atoms with Crippen molar-refractivity contribution in [2.75, 3.05) is 12.4 Å². The number of nitrogens with zero attached hydrogens (tertiary/aromatic N) is 1. The minimum Gasteiger partial charge on any atom is -0.497 e. The lowest BCUT2D eigenvalue weighted by molar-refractivity contribution is 0.0234. The molecule has 2 N–H and O–H groups in total. The predicted molar refractivity (Wildman–Crippen MR) is 103 cm³/mol. The summed E-state index contributed by atoms with van der Waals surface area (Å²) in [7, 11) is 1.61. The van der Waals surface area contributed by atoms with Crippen LogP contribution in [0.2, 0.25) is 0 Å². The molecule has 1 amide bonds. The van der Waals surface area contributed by atoms with E-state index in [1.54, 1.807) is 25.4 Å². The molecule has 0 unspecified atom stereocenters. The third kappa shape index (κ3) is 5.29. The van der Waals surface area contributed by atoms with E-state index in [-0.39, 0.29) is 12.5 Å². The second-order valence-corrected chi connectivity index (χ2v) is 5.81. The summed E-state index contributed by atoms with van der Waals surface area (Å²) in [5.41, 5.74) is 4.91. The van der Waals surface area contributed by atoms with Gasteiger partial charge in [-0.15, -0.1) is 0 Å². The molecular formula is C21H21N3O3. The fraction of sp³-hybridized carbons (Fsp3) is 0.143. The summed E-state index contributed by atoms with van der Waals surface area (Å²) in [6, 6.07) is 20.8. The maximum atomic E-state index is 12.4. The van der Waals surface area contributed by atoms with Crippen molar-refractivity contribution < 1.29 is 14.4 Å². The highest BCUT2D eigenvalue weighted by molar-refractivity contribution is 5.98. The Morgan fingerprint density at radius 1 is 0.963 bits per heavy atom. The Morgan fingerprint density at radius 3 is 2.48 bits per heavy atom. The van der Waals surface area contributed by atoms with Gasteiger partial charge in [0, 0.05) is 12.7 Å². The summed E-state index contributed by atoms with van der Waals surface area (Å²) < 4.78 is 5.11. The molecule has 0 saturated carbocycles. The quantitative estimate of drug-likeness (QED) is 0.599. The normalized spacial score (nSPS) is 10.3. The van der Waals surface area contributed by atoms with Gasteiger partial charge in [-0.05, 0) is 35.4 Å². The van der Waals surface area contributed by atoms with Gasteiger partial charge in [0.2, 0.25) is 0 Å². The number of rotatable bonds is 8. The molecule has 0 atom stereocenters. The van der Waals surface area contributed by atoms with Gasteiger partial charge in [-0.1, -0.05) is 42.5 Å². The molecule has 2 aromatic carbocycles. The van der Waals surface area contributed by atoms with Crippen LogP contribution in [0.25, 0.3) is 0 Å². The average Bonchev–Trinajstić information content (AvgIpc) is 2.73. The Morgan fingerprint density at radius 2 is 1.74 bits per heavy atom. The van der Waals surface area contributed by atoms with Gasteiger partial charge in [0.15, 0.2) is 0 Å². The first-order valence-electron chi connectivity index (χ1n) is 8.54. The molecule has 0 aliphatic carbocycles. The summed E-state index contributed by atoms with van der Waals surface area (Å²) in [6.07, 6.45) is 1.64. The van der Waals surface area contributed by atoms with Crippen LogP contribution in [0.3, 0.4) is 0 Å². The van der Waals surface area contributed by atoms with Crippen molar-refractivity contribution >= 4 is 11.7 Å². The van der Waals surface area contributed by atoms with Crippen molar-refractivity contribution in [1.29, 1.82) is 0 Å². The molecule has 6 nitrogen and oxygen atoms in total. The molecule has 3 rings (SSSR count). The van der Waals surface area contributed by atoms with E-state index in [0.717, 1.165) is 16.9 Å². The molecular weight excluding hydrogens is 342 g/mol. The lowest BCUT2D eigenvalue weighted by atomic mass is 10.2. The molecule has 0 bridgehead atoms. The average molecular weight is 363 g/mol. The molecule has 0 spiro atoms. The van der Waals surface area contributed by atoms with Gasteiger partial charge in [-0.25, -0.2) is 10.5 Å². The first-order chi connectivity index (χ1) is 13.3. The number of anilines is 1. The number of pyridine rings is 1. The Hall–Kier alpha value is -3.38. The summed E-state index contributed by atoms with van der Waals surface area (Å²) in [6.45, 7) is 0.827. The zero-order valence-corrected chi connectivity index (χ0v) is 15.0. The number of nitrogens with one attached hydrogen (secondary N) is 2. The topological polar surface area (TPSA) is 72.5 Å². The highest BCUT2D eigenvalue weighted by atomic mass is 16.6. The number of amides is 1. The van der Waals surface area contributed by atoms with E-state index in [0.29, 0.717) is 17.9 Å². The van der Waals surface area contributed by atoms with E-state index < -0.39 is 0 Å². The van der Waals surface area contributed by atoms with Gasteiger partial charge in [-0.3, -0.25) is 9.63 Å². The number of benzene rings is 2. The van der Waals surface area contributed by atoms with Crippen molar-refractivity contribution in [1.82, 2.24) is 10.5 Å². The minimum absolute atomic E-state index is 0.253. The highest BCUT2D eigenvalue weighted by Gasteiger charge is 2.12. The summed E-state index contributed by atoms with van der Waals surface area (Å²) in [5, 5.41) is 3.19. The van der Waals surface area contributed by atoms with Crippen LogP contribution in [-0.4, -0.2) is 18.0 Å². The van der Waals surface area contributed by atoms with Gasteiger partial charge in [0.1, 0.15) is 11.6 Å². The fourth-order valence-electron chi connectivity index (χ4n) is 2.47. The summed E-state index contributed by atoms with van der Waals surface area (Å²) in [5.74, 6) is 0.923. The molecule has 0 radical (unpaired) electrons. The zero-order chi connectivity index (χ0) is 18.9. The third-order valence-corrected chi connectivity index (χ3v) is 3.92. The SMILES string of the molecule is COc1ccc(CONC(=O)c2cccnc2NCc2ccccc2)cc1. The number of ether oxygens (including phenoxy) is 1. The van der Waals surface area contributed by atoms with Crippen LogP contribution in [-0.2, 0) is 18.0 Å². The predicted octanol–water partition coefficient (Wildman–Crippen LogP) is 3.56. The molecule has 0 saturated heterocycles. The number of methoxy groups -OCH3 is 1. The number of aromatic nitrogens is 1. The second-order valence-electron chi connectivity index (χ2n) is 5.81. The lowest BCUT2D eigenvalue weighted by Gasteiger charge is -2.11. The molecule has 3 aromatic rings. The summed E-state index contributed by atoms with van der Waals surface area (Å²) >= 11 is 0. The van der Waals surface area contributed by atoms with Crippen LogP contribution in [0, 0.1) is 0 Å². The first-order valence-corrected chi connectivity index (χ1v) is 8.54. The van der Waals surface area contributed by atoms with Crippen LogP contribution in [0.15, 0.2) is 72.9 Å². The van der Waals surface area contributed by atoms with Crippen molar-refractivity contribution in [3.63, 3.8) is 0 Å². The number of hydrogen-bond donors (Lipinski definition) is 2. The van der Waals surface area contributed by atoms with Crippen molar-refractivity contribution in [3.8, 4) is 5.75 Å². The van der Waals surface area contributed by atoms with E-state index in [1.165, 1.54) is 0 Å². The van der Waals surface area contributed by atoms with Crippen LogP contribution >= 0.6 is 0 Å². The molecule has 1 aromatic heterocycles. The van der Waals surface area contributed by atoms with Crippen molar-refractivity contribution in [3.05, 3.63) is 89.6 Å². The van der Waals surface area contributed by atoms with Crippen LogP contribution in [0.4, 0.5) is 5.82 Å². The van der Waals surface area contributed by atoms with Crippen LogP contribution < -0.4 is 15.5 Å². The molecule has 0 aliphatic rings. The largest absolute Gasteiger partial charge is 0.497 e. The third-order valence-electron chi connectivity index (χ3n) is 3.92. The Balaban J connectivity index is 1.56.